The number of imidazole rings is 1. The smallest absolute Gasteiger partial charge is 0.203 e. The molecule has 5 nitrogen and oxygen atoms in total. The molecule has 1 aromatic heterocycles. The van der Waals surface area contributed by atoms with Crippen LogP contribution in [0.4, 0.5) is 0 Å². The fourth-order valence-electron chi connectivity index (χ4n) is 2.56. The summed E-state index contributed by atoms with van der Waals surface area (Å²) in [6.07, 6.45) is 0. The van der Waals surface area contributed by atoms with Gasteiger partial charge in [-0.2, -0.15) is 0 Å². The van der Waals surface area contributed by atoms with E-state index in [0.29, 0.717) is 11.2 Å². The van der Waals surface area contributed by atoms with Crippen LogP contribution >= 0.6 is 0 Å². The summed E-state index contributed by atoms with van der Waals surface area (Å²) in [4.78, 5) is 12.5. The van der Waals surface area contributed by atoms with Gasteiger partial charge in [0.05, 0.1) is 24.7 Å². The first-order chi connectivity index (χ1) is 10.6. The molecule has 120 valence electrons. The zero-order valence-electron chi connectivity index (χ0n) is 12.9. The van der Waals surface area contributed by atoms with E-state index < -0.39 is 0 Å². The number of ether oxygens (including phenoxy) is 1. The Morgan fingerprint density at radius 1 is 1.09 bits per heavy atom. The Labute approximate surface area is 144 Å². The number of methoxy groups -OCH3 is 1. The molecule has 2 aromatic carbocycles. The molecule has 1 heterocycles. The van der Waals surface area contributed by atoms with Gasteiger partial charge in [-0.1, -0.05) is 12.1 Å². The van der Waals surface area contributed by atoms with E-state index in [1.807, 2.05) is 31.3 Å². The number of rotatable bonds is 4. The van der Waals surface area contributed by atoms with Gasteiger partial charge >= 0.3 is 0 Å². The molecule has 0 aliphatic carbocycles. The van der Waals surface area contributed by atoms with Gasteiger partial charge < -0.3 is 30.9 Å². The van der Waals surface area contributed by atoms with Crippen LogP contribution in [0.2, 0.25) is 0 Å². The molecule has 0 saturated carbocycles. The topological polar surface area (TPSA) is 60.0 Å². The zero-order valence-corrected chi connectivity index (χ0v) is 14.5. The van der Waals surface area contributed by atoms with E-state index in [9.17, 15) is 4.79 Å². The molecule has 23 heavy (non-hydrogen) atoms. The Bertz CT molecular complexity index is 894. The lowest BCUT2D eigenvalue weighted by atomic mass is 10.1. The van der Waals surface area contributed by atoms with Crippen LogP contribution in [0.3, 0.4) is 0 Å². The summed E-state index contributed by atoms with van der Waals surface area (Å²) in [6.45, 7) is 0.145. The van der Waals surface area contributed by atoms with Crippen molar-refractivity contribution in [1.29, 1.82) is 5.41 Å². The molecular weight excluding hydrogens is 358 g/mol. The van der Waals surface area contributed by atoms with Crippen LogP contribution in [0.5, 0.6) is 5.75 Å². The number of ketones is 1. The first kappa shape index (κ1) is 17.0. The third-order valence-corrected chi connectivity index (χ3v) is 3.82. The first-order valence-electron chi connectivity index (χ1n) is 6.98. The van der Waals surface area contributed by atoms with Gasteiger partial charge in [-0.05, 0) is 36.4 Å². The Balaban J connectivity index is 0.00000192. The number of fused-ring (bicyclic) bond motifs is 1. The summed E-state index contributed by atoms with van der Waals surface area (Å²) >= 11 is 0. The highest BCUT2D eigenvalue weighted by molar-refractivity contribution is 5.96. The Hall–Kier alpha value is -2.34. The van der Waals surface area contributed by atoms with E-state index in [0.717, 1.165) is 16.8 Å². The number of benzene rings is 2. The van der Waals surface area contributed by atoms with Gasteiger partial charge in [0, 0.05) is 12.6 Å². The molecule has 0 bridgehead atoms. The third-order valence-electron chi connectivity index (χ3n) is 3.82. The molecule has 0 fully saturated rings. The molecule has 0 atom stereocenters. The minimum absolute atomic E-state index is 0. The minimum atomic E-state index is -0.0301. The Kier molecular flexibility index (Phi) is 5.05. The van der Waals surface area contributed by atoms with E-state index in [4.69, 9.17) is 10.1 Å². The van der Waals surface area contributed by atoms with E-state index >= 15 is 0 Å². The number of carbonyl (C=O) groups is 1. The molecule has 3 aromatic rings. The number of Topliss-reactive ketones (excluding diaryl/α,β-unsaturated/α-hetero) is 1. The van der Waals surface area contributed by atoms with Crippen LogP contribution in [0, 0.1) is 5.41 Å². The van der Waals surface area contributed by atoms with E-state index in [1.165, 1.54) is 0 Å². The highest BCUT2D eigenvalue weighted by atomic mass is 79.9. The monoisotopic (exact) mass is 374 g/mol. The number of nitrogens with zero attached hydrogens (tertiary/aromatic N) is 2. The third kappa shape index (κ3) is 3.07. The maximum absolute atomic E-state index is 12.5. The van der Waals surface area contributed by atoms with Crippen molar-refractivity contribution in [3.63, 3.8) is 0 Å². The minimum Gasteiger partial charge on any atom is -1.00 e. The van der Waals surface area contributed by atoms with Crippen molar-refractivity contribution in [2.75, 3.05) is 7.11 Å². The number of hydrogen-bond donors (Lipinski definition) is 1. The van der Waals surface area contributed by atoms with Crippen LogP contribution in [-0.4, -0.2) is 22.0 Å². The predicted molar refractivity (Wildman–Crippen MR) is 84.1 cm³/mol. The van der Waals surface area contributed by atoms with Crippen molar-refractivity contribution >= 4 is 16.8 Å². The van der Waals surface area contributed by atoms with Gasteiger partial charge in [0.1, 0.15) is 5.75 Å². The first-order valence-corrected chi connectivity index (χ1v) is 6.98. The van der Waals surface area contributed by atoms with Gasteiger partial charge in [0.25, 0.3) is 0 Å². The summed E-state index contributed by atoms with van der Waals surface area (Å²) in [6, 6.07) is 14.7. The Morgan fingerprint density at radius 3 is 2.30 bits per heavy atom. The molecule has 0 saturated heterocycles. The van der Waals surface area contributed by atoms with Gasteiger partial charge in [0.15, 0.2) is 5.78 Å². The molecule has 3 rings (SSSR count). The van der Waals surface area contributed by atoms with E-state index in [-0.39, 0.29) is 29.3 Å². The molecule has 0 unspecified atom stereocenters. The van der Waals surface area contributed by atoms with Crippen LogP contribution < -0.4 is 27.3 Å². The van der Waals surface area contributed by atoms with Gasteiger partial charge in [-0.25, -0.2) is 0 Å². The molecule has 6 heteroatoms. The fraction of sp³-hybridized carbons (Fsp3) is 0.176. The van der Waals surface area contributed by atoms with Crippen LogP contribution in [0.1, 0.15) is 10.4 Å². The number of aromatic nitrogens is 2. The average Bonchev–Trinajstić information content (AvgIpc) is 2.80. The van der Waals surface area contributed by atoms with Crippen molar-refractivity contribution in [3.8, 4) is 5.75 Å². The van der Waals surface area contributed by atoms with Crippen molar-refractivity contribution in [3.05, 3.63) is 59.7 Å². The highest BCUT2D eigenvalue weighted by Crippen LogP contribution is 2.15. The normalized spacial score (nSPS) is 10.3. The number of halogens is 1. The van der Waals surface area contributed by atoms with Crippen LogP contribution in [0.25, 0.3) is 11.0 Å². The predicted octanol–water partition coefficient (Wildman–Crippen LogP) is -0.645. The molecule has 0 radical (unpaired) electrons. The number of hydrogen-bond acceptors (Lipinski definition) is 3. The molecule has 1 N–H and O–H groups in total. The second-order valence-corrected chi connectivity index (χ2v) is 5.11. The highest BCUT2D eigenvalue weighted by Gasteiger charge is 2.12. The van der Waals surface area contributed by atoms with Gasteiger partial charge in [0.2, 0.25) is 5.62 Å². The lowest BCUT2D eigenvalue weighted by Crippen LogP contribution is -3.00. The number of nitrogens with one attached hydrogen (secondary N) is 1. The summed E-state index contributed by atoms with van der Waals surface area (Å²) < 4.78 is 8.60. The lowest BCUT2D eigenvalue weighted by molar-refractivity contribution is -0.0000130. The van der Waals surface area contributed by atoms with E-state index in [1.54, 1.807) is 40.5 Å². The fourth-order valence-corrected chi connectivity index (χ4v) is 2.56. The maximum atomic E-state index is 12.5. The van der Waals surface area contributed by atoms with Crippen molar-refractivity contribution in [1.82, 2.24) is 9.13 Å². The SMILES string of the molecule is COc1ccc(C(=O)Cn2c(=N)n(C)c3ccccc32)cc1.[Br-]. The van der Waals surface area contributed by atoms with Crippen LogP contribution in [0.15, 0.2) is 48.5 Å². The maximum Gasteiger partial charge on any atom is 0.203 e. The van der Waals surface area contributed by atoms with Crippen molar-refractivity contribution in [2.24, 2.45) is 7.05 Å². The summed E-state index contributed by atoms with van der Waals surface area (Å²) in [7, 11) is 3.42. The molecular formula is C17H17BrN3O2-. The van der Waals surface area contributed by atoms with Crippen molar-refractivity contribution in [2.45, 2.75) is 6.54 Å². The summed E-state index contributed by atoms with van der Waals surface area (Å²) in [5.41, 5.74) is 2.75. The molecule has 0 aliphatic rings. The molecule has 0 aliphatic heterocycles. The van der Waals surface area contributed by atoms with Crippen LogP contribution in [-0.2, 0) is 13.6 Å². The molecule has 0 amide bonds. The molecule has 0 spiro atoms. The van der Waals surface area contributed by atoms with Gasteiger partial charge in [-0.15, -0.1) is 0 Å². The number of carbonyl (C=O) groups excluding carboxylic acids is 1. The second kappa shape index (κ2) is 6.83. The van der Waals surface area contributed by atoms with Gasteiger partial charge in [-0.3, -0.25) is 10.2 Å². The summed E-state index contributed by atoms with van der Waals surface area (Å²) in [5, 5.41) is 8.20. The second-order valence-electron chi connectivity index (χ2n) is 5.11. The van der Waals surface area contributed by atoms with Crippen molar-refractivity contribution < 1.29 is 26.5 Å². The quantitative estimate of drug-likeness (QED) is 0.617. The zero-order chi connectivity index (χ0) is 15.7. The largest absolute Gasteiger partial charge is 1.00 e. The number of para-hydroxylation sites is 2. The standard InChI is InChI=1S/C17H17N3O2.BrH/c1-19-14-5-3-4-6-15(14)20(17(19)18)11-16(21)12-7-9-13(22-2)10-8-12;/h3-10,18H,11H2,1-2H3;1H/p-1. The average molecular weight is 375 g/mol. The lowest BCUT2D eigenvalue weighted by Gasteiger charge is -2.05. The van der Waals surface area contributed by atoms with E-state index in [2.05, 4.69) is 0 Å². The summed E-state index contributed by atoms with van der Waals surface area (Å²) in [5.74, 6) is 0.688. The number of aryl methyl sites for hydroxylation is 1. The Morgan fingerprint density at radius 2 is 1.70 bits per heavy atom.